The van der Waals surface area contributed by atoms with Gasteiger partial charge in [-0.2, -0.15) is 0 Å². The first-order valence-corrected chi connectivity index (χ1v) is 9.33. The van der Waals surface area contributed by atoms with Crippen LogP contribution in [0.15, 0.2) is 46.0 Å². The van der Waals surface area contributed by atoms with E-state index in [9.17, 15) is 0 Å². The molecule has 0 aliphatic heterocycles. The van der Waals surface area contributed by atoms with Crippen molar-refractivity contribution >= 4 is 5.96 Å². The Labute approximate surface area is 155 Å². The standard InChI is InChI=1S/C20H28N4O2/c1-3-21-20(24(2)11-12-25-14-16-9-10-16)22-13-18-15-26-19(23-18)17-7-5-4-6-8-17/h4-8,15-16H,3,9-14H2,1-2H3,(H,21,22). The number of hydrogen-bond donors (Lipinski definition) is 1. The van der Waals surface area contributed by atoms with Crippen LogP contribution in [0.4, 0.5) is 0 Å². The highest BCUT2D eigenvalue weighted by atomic mass is 16.5. The minimum atomic E-state index is 0.478. The van der Waals surface area contributed by atoms with Gasteiger partial charge in [0.1, 0.15) is 12.0 Å². The first kappa shape index (κ1) is 18.5. The molecule has 1 aliphatic rings. The summed E-state index contributed by atoms with van der Waals surface area (Å²) in [7, 11) is 2.03. The van der Waals surface area contributed by atoms with Crippen LogP contribution >= 0.6 is 0 Å². The molecule has 140 valence electrons. The normalized spacial score (nSPS) is 14.5. The molecular formula is C20H28N4O2. The minimum absolute atomic E-state index is 0.478. The molecule has 0 unspecified atom stereocenters. The summed E-state index contributed by atoms with van der Waals surface area (Å²) in [5, 5.41) is 3.32. The molecule has 0 radical (unpaired) electrons. The maximum absolute atomic E-state index is 5.72. The first-order valence-electron chi connectivity index (χ1n) is 9.33. The number of aliphatic imine (C=N–C) groups is 1. The van der Waals surface area contributed by atoms with Gasteiger partial charge in [-0.05, 0) is 37.8 Å². The summed E-state index contributed by atoms with van der Waals surface area (Å²) in [4.78, 5) is 11.3. The fourth-order valence-electron chi connectivity index (χ4n) is 2.56. The van der Waals surface area contributed by atoms with Crippen LogP contribution < -0.4 is 5.32 Å². The van der Waals surface area contributed by atoms with E-state index in [1.54, 1.807) is 6.26 Å². The van der Waals surface area contributed by atoms with Crippen molar-refractivity contribution in [2.45, 2.75) is 26.3 Å². The highest BCUT2D eigenvalue weighted by Crippen LogP contribution is 2.28. The summed E-state index contributed by atoms with van der Waals surface area (Å²) in [5.74, 6) is 2.28. The van der Waals surface area contributed by atoms with Crippen molar-refractivity contribution < 1.29 is 9.15 Å². The third-order valence-electron chi connectivity index (χ3n) is 4.28. The van der Waals surface area contributed by atoms with Crippen LogP contribution in [0.1, 0.15) is 25.5 Å². The molecule has 3 rings (SSSR count). The number of likely N-dealkylation sites (N-methyl/N-ethyl adjacent to an activating group) is 1. The smallest absolute Gasteiger partial charge is 0.226 e. The Morgan fingerprint density at radius 1 is 1.35 bits per heavy atom. The van der Waals surface area contributed by atoms with Gasteiger partial charge in [-0.15, -0.1) is 0 Å². The Morgan fingerprint density at radius 2 is 2.15 bits per heavy atom. The molecule has 0 atom stereocenters. The van der Waals surface area contributed by atoms with Gasteiger partial charge >= 0.3 is 0 Å². The largest absolute Gasteiger partial charge is 0.444 e. The summed E-state index contributed by atoms with van der Waals surface area (Å²) in [6.45, 7) is 5.79. The van der Waals surface area contributed by atoms with E-state index < -0.39 is 0 Å². The van der Waals surface area contributed by atoms with E-state index in [0.29, 0.717) is 12.4 Å². The lowest BCUT2D eigenvalue weighted by Gasteiger charge is -2.21. The van der Waals surface area contributed by atoms with Gasteiger partial charge < -0.3 is 19.4 Å². The Hall–Kier alpha value is -2.34. The maximum Gasteiger partial charge on any atom is 0.226 e. The van der Waals surface area contributed by atoms with Crippen molar-refractivity contribution in [3.05, 3.63) is 42.3 Å². The quantitative estimate of drug-likeness (QED) is 0.425. The number of oxazole rings is 1. The predicted molar refractivity (Wildman–Crippen MR) is 103 cm³/mol. The molecule has 1 heterocycles. The second-order valence-corrected chi connectivity index (χ2v) is 6.62. The highest BCUT2D eigenvalue weighted by Gasteiger charge is 2.21. The molecule has 0 spiro atoms. The van der Waals surface area contributed by atoms with Crippen molar-refractivity contribution in [2.24, 2.45) is 10.9 Å². The van der Waals surface area contributed by atoms with E-state index in [4.69, 9.17) is 9.15 Å². The van der Waals surface area contributed by atoms with Gasteiger partial charge in [-0.3, -0.25) is 0 Å². The topological polar surface area (TPSA) is 62.9 Å². The van der Waals surface area contributed by atoms with Crippen molar-refractivity contribution in [2.75, 3.05) is 33.4 Å². The molecular weight excluding hydrogens is 328 g/mol. The third kappa shape index (κ3) is 5.59. The molecule has 0 bridgehead atoms. The molecule has 1 aromatic carbocycles. The van der Waals surface area contributed by atoms with E-state index in [1.165, 1.54) is 12.8 Å². The molecule has 1 N–H and O–H groups in total. The van der Waals surface area contributed by atoms with Crippen LogP contribution in [-0.4, -0.2) is 49.2 Å². The third-order valence-corrected chi connectivity index (χ3v) is 4.28. The van der Waals surface area contributed by atoms with E-state index in [-0.39, 0.29) is 0 Å². The van der Waals surface area contributed by atoms with Gasteiger partial charge in [0.2, 0.25) is 5.89 Å². The Kier molecular flexibility index (Phi) is 6.66. The van der Waals surface area contributed by atoms with E-state index in [1.807, 2.05) is 37.4 Å². The molecule has 26 heavy (non-hydrogen) atoms. The number of nitrogens with one attached hydrogen (secondary N) is 1. The number of guanidine groups is 1. The summed E-state index contributed by atoms with van der Waals surface area (Å²) < 4.78 is 11.3. The fraction of sp³-hybridized carbons (Fsp3) is 0.500. The number of benzene rings is 1. The zero-order valence-electron chi connectivity index (χ0n) is 15.6. The van der Waals surface area contributed by atoms with Crippen LogP contribution in [0, 0.1) is 5.92 Å². The van der Waals surface area contributed by atoms with Gasteiger partial charge in [-0.25, -0.2) is 9.98 Å². The van der Waals surface area contributed by atoms with Gasteiger partial charge in [0, 0.05) is 32.3 Å². The Bertz CT molecular complexity index is 695. The number of aromatic nitrogens is 1. The van der Waals surface area contributed by atoms with Crippen LogP contribution in [0.2, 0.25) is 0 Å². The van der Waals surface area contributed by atoms with Gasteiger partial charge in [0.25, 0.3) is 0 Å². The summed E-state index contributed by atoms with van der Waals surface area (Å²) in [5.41, 5.74) is 1.79. The molecule has 6 heteroatoms. The molecule has 0 saturated heterocycles. The molecule has 1 aromatic heterocycles. The zero-order valence-corrected chi connectivity index (χ0v) is 15.6. The maximum atomic E-state index is 5.72. The Morgan fingerprint density at radius 3 is 2.88 bits per heavy atom. The van der Waals surface area contributed by atoms with Crippen molar-refractivity contribution in [3.63, 3.8) is 0 Å². The van der Waals surface area contributed by atoms with Crippen LogP contribution in [-0.2, 0) is 11.3 Å². The lowest BCUT2D eigenvalue weighted by atomic mass is 10.2. The summed E-state index contributed by atoms with van der Waals surface area (Å²) in [6.07, 6.45) is 4.32. The molecule has 2 aromatic rings. The van der Waals surface area contributed by atoms with Crippen LogP contribution in [0.5, 0.6) is 0 Å². The Balaban J connectivity index is 1.53. The molecule has 1 aliphatic carbocycles. The van der Waals surface area contributed by atoms with Gasteiger partial charge in [-0.1, -0.05) is 18.2 Å². The second kappa shape index (κ2) is 9.38. The monoisotopic (exact) mass is 356 g/mol. The molecule has 1 saturated carbocycles. The average Bonchev–Trinajstić information content (AvgIpc) is 3.38. The number of nitrogens with zero attached hydrogens (tertiary/aromatic N) is 3. The number of ether oxygens (including phenoxy) is 1. The predicted octanol–water partition coefficient (Wildman–Crippen LogP) is 3.17. The minimum Gasteiger partial charge on any atom is -0.444 e. The second-order valence-electron chi connectivity index (χ2n) is 6.62. The van der Waals surface area contributed by atoms with Gasteiger partial charge in [0.15, 0.2) is 5.96 Å². The van der Waals surface area contributed by atoms with Crippen molar-refractivity contribution in [3.8, 4) is 11.5 Å². The molecule has 1 fully saturated rings. The zero-order chi connectivity index (χ0) is 18.2. The lowest BCUT2D eigenvalue weighted by Crippen LogP contribution is -2.40. The highest BCUT2D eigenvalue weighted by molar-refractivity contribution is 5.79. The first-order chi connectivity index (χ1) is 12.8. The molecule has 0 amide bonds. The lowest BCUT2D eigenvalue weighted by molar-refractivity contribution is 0.115. The van der Waals surface area contributed by atoms with E-state index in [2.05, 4.69) is 27.1 Å². The summed E-state index contributed by atoms with van der Waals surface area (Å²) in [6, 6.07) is 9.89. The number of hydrogen-bond acceptors (Lipinski definition) is 4. The van der Waals surface area contributed by atoms with E-state index >= 15 is 0 Å². The van der Waals surface area contributed by atoms with Crippen molar-refractivity contribution in [1.82, 2.24) is 15.2 Å². The SMILES string of the molecule is CCNC(=NCc1coc(-c2ccccc2)n1)N(C)CCOCC1CC1. The fourth-order valence-corrected chi connectivity index (χ4v) is 2.56. The van der Waals surface area contributed by atoms with Gasteiger partial charge in [0.05, 0.1) is 13.2 Å². The van der Waals surface area contributed by atoms with Crippen LogP contribution in [0.25, 0.3) is 11.5 Å². The average molecular weight is 356 g/mol. The number of rotatable bonds is 9. The van der Waals surface area contributed by atoms with E-state index in [0.717, 1.165) is 49.4 Å². The van der Waals surface area contributed by atoms with Crippen molar-refractivity contribution in [1.29, 1.82) is 0 Å². The molecule has 6 nitrogen and oxygen atoms in total. The summed E-state index contributed by atoms with van der Waals surface area (Å²) >= 11 is 0. The van der Waals surface area contributed by atoms with Crippen LogP contribution in [0.3, 0.4) is 0 Å².